The first kappa shape index (κ1) is 20.4. The van der Waals surface area contributed by atoms with Crippen LogP contribution in [0.15, 0.2) is 72.9 Å². The molecule has 0 saturated carbocycles. The lowest BCUT2D eigenvalue weighted by molar-refractivity contribution is 0.0833. The number of rotatable bonds is 7. The summed E-state index contributed by atoms with van der Waals surface area (Å²) in [5.41, 5.74) is 3.48. The molecule has 0 bridgehead atoms. The maximum absolute atomic E-state index is 6.06. The molecular weight excluding hydrogens is 374 g/mol. The Bertz CT molecular complexity index is 934. The third-order valence-electron chi connectivity index (χ3n) is 5.59. The summed E-state index contributed by atoms with van der Waals surface area (Å²) in [5, 5.41) is 0. The summed E-state index contributed by atoms with van der Waals surface area (Å²) in [6.07, 6.45) is 1.78. The Balaban J connectivity index is 1.51. The number of ether oxygens (including phenoxy) is 2. The van der Waals surface area contributed by atoms with E-state index < -0.39 is 0 Å². The number of benzene rings is 2. The van der Waals surface area contributed by atoms with Crippen LogP contribution in [0.2, 0.25) is 0 Å². The van der Waals surface area contributed by atoms with E-state index in [4.69, 9.17) is 9.47 Å². The Hall–Kier alpha value is -2.89. The summed E-state index contributed by atoms with van der Waals surface area (Å²) in [7, 11) is 3.87. The fourth-order valence-electron chi connectivity index (χ4n) is 3.94. The van der Waals surface area contributed by atoms with Gasteiger partial charge in [0.25, 0.3) is 0 Å². The molecule has 2 aromatic carbocycles. The molecule has 0 spiro atoms. The lowest BCUT2D eigenvalue weighted by Gasteiger charge is -2.40. The molecule has 3 aromatic rings. The van der Waals surface area contributed by atoms with Crippen molar-refractivity contribution in [1.82, 2.24) is 14.8 Å². The van der Waals surface area contributed by atoms with E-state index in [9.17, 15) is 0 Å². The van der Waals surface area contributed by atoms with Gasteiger partial charge in [-0.3, -0.25) is 9.88 Å². The lowest BCUT2D eigenvalue weighted by Crippen LogP contribution is -2.46. The molecule has 1 fully saturated rings. The van der Waals surface area contributed by atoms with Crippen molar-refractivity contribution < 1.29 is 9.47 Å². The van der Waals surface area contributed by atoms with Gasteiger partial charge in [-0.25, -0.2) is 0 Å². The number of nitrogens with zero attached hydrogens (tertiary/aromatic N) is 3. The predicted octanol–water partition coefficient (Wildman–Crippen LogP) is 4.16. The quantitative estimate of drug-likeness (QED) is 0.592. The largest absolute Gasteiger partial charge is 0.493 e. The SMILES string of the molecule is COc1ccc(CN2CCN(C)C[C@H]2c2ccccc2)cc1OCc1ccccn1. The van der Waals surface area contributed by atoms with E-state index in [1.54, 1.807) is 13.3 Å². The van der Waals surface area contributed by atoms with Crippen molar-refractivity contribution in [3.63, 3.8) is 0 Å². The van der Waals surface area contributed by atoms with Crippen LogP contribution in [0, 0.1) is 0 Å². The first-order valence-electron chi connectivity index (χ1n) is 10.4. The topological polar surface area (TPSA) is 37.8 Å². The van der Waals surface area contributed by atoms with Crippen molar-refractivity contribution in [3.8, 4) is 11.5 Å². The van der Waals surface area contributed by atoms with E-state index in [1.807, 2.05) is 24.3 Å². The van der Waals surface area contributed by atoms with Crippen LogP contribution < -0.4 is 9.47 Å². The van der Waals surface area contributed by atoms with Gasteiger partial charge in [-0.05, 0) is 42.4 Å². The van der Waals surface area contributed by atoms with Gasteiger partial charge in [0.1, 0.15) is 6.61 Å². The Morgan fingerprint density at radius 1 is 0.967 bits per heavy atom. The van der Waals surface area contributed by atoms with Gasteiger partial charge < -0.3 is 14.4 Å². The monoisotopic (exact) mass is 403 g/mol. The standard InChI is InChI=1S/C25H29N3O2/c1-27-14-15-28(23(18-27)21-8-4-3-5-9-21)17-20-11-12-24(29-2)25(16-20)30-19-22-10-6-7-13-26-22/h3-13,16,23H,14-15,17-19H2,1-2H3/t23-/m0/s1. The zero-order valence-corrected chi connectivity index (χ0v) is 17.7. The molecule has 5 nitrogen and oxygen atoms in total. The maximum atomic E-state index is 6.06. The second-order valence-electron chi connectivity index (χ2n) is 7.75. The Kier molecular flexibility index (Phi) is 6.62. The number of pyridine rings is 1. The van der Waals surface area contributed by atoms with E-state index in [-0.39, 0.29) is 0 Å². The minimum Gasteiger partial charge on any atom is -0.493 e. The van der Waals surface area contributed by atoms with Gasteiger partial charge >= 0.3 is 0 Å². The molecule has 0 N–H and O–H groups in total. The van der Waals surface area contributed by atoms with Crippen LogP contribution in [0.1, 0.15) is 22.9 Å². The Morgan fingerprint density at radius 2 is 1.80 bits per heavy atom. The molecule has 4 rings (SSSR count). The highest BCUT2D eigenvalue weighted by molar-refractivity contribution is 5.43. The molecule has 0 radical (unpaired) electrons. The van der Waals surface area contributed by atoms with E-state index in [0.29, 0.717) is 12.6 Å². The maximum Gasteiger partial charge on any atom is 0.162 e. The molecule has 0 amide bonds. The van der Waals surface area contributed by atoms with Gasteiger partial charge in [0, 0.05) is 38.4 Å². The van der Waals surface area contributed by atoms with Gasteiger partial charge in [0.2, 0.25) is 0 Å². The average molecular weight is 404 g/mol. The summed E-state index contributed by atoms with van der Waals surface area (Å²) in [6, 6.07) is 23.2. The molecule has 2 heterocycles. The molecule has 1 atom stereocenters. The van der Waals surface area contributed by atoms with Crippen LogP contribution in [-0.2, 0) is 13.2 Å². The first-order valence-corrected chi connectivity index (χ1v) is 10.4. The minimum absolute atomic E-state index is 0.380. The molecule has 0 aliphatic carbocycles. The summed E-state index contributed by atoms with van der Waals surface area (Å²) in [4.78, 5) is 9.30. The molecule has 1 aliphatic heterocycles. The molecule has 1 saturated heterocycles. The second kappa shape index (κ2) is 9.74. The van der Waals surface area contributed by atoms with Gasteiger partial charge in [0.05, 0.1) is 12.8 Å². The van der Waals surface area contributed by atoms with Crippen molar-refractivity contribution in [2.45, 2.75) is 19.2 Å². The Morgan fingerprint density at radius 3 is 2.57 bits per heavy atom. The normalized spacial score (nSPS) is 17.6. The number of aromatic nitrogens is 1. The molecular formula is C25H29N3O2. The molecule has 156 valence electrons. The van der Waals surface area contributed by atoms with Crippen molar-refractivity contribution in [2.75, 3.05) is 33.8 Å². The highest BCUT2D eigenvalue weighted by Gasteiger charge is 2.26. The first-order chi connectivity index (χ1) is 14.7. The fraction of sp³-hybridized carbons (Fsp3) is 0.320. The lowest BCUT2D eigenvalue weighted by atomic mass is 10.0. The van der Waals surface area contributed by atoms with Crippen molar-refractivity contribution in [3.05, 3.63) is 89.7 Å². The Labute approximate surface area is 178 Å². The minimum atomic E-state index is 0.380. The van der Waals surface area contributed by atoms with E-state index in [2.05, 4.69) is 64.3 Å². The van der Waals surface area contributed by atoms with Crippen LogP contribution in [-0.4, -0.2) is 48.6 Å². The second-order valence-corrected chi connectivity index (χ2v) is 7.75. The van der Waals surface area contributed by atoms with Crippen LogP contribution in [0.5, 0.6) is 11.5 Å². The number of likely N-dealkylation sites (N-methyl/N-ethyl adjacent to an activating group) is 1. The summed E-state index contributed by atoms with van der Waals surface area (Å²) in [5.74, 6) is 1.50. The zero-order valence-electron chi connectivity index (χ0n) is 17.7. The summed E-state index contributed by atoms with van der Waals surface area (Å²) in [6.45, 7) is 4.43. The summed E-state index contributed by atoms with van der Waals surface area (Å²) < 4.78 is 11.6. The third-order valence-corrected chi connectivity index (χ3v) is 5.59. The van der Waals surface area contributed by atoms with Crippen LogP contribution in [0.25, 0.3) is 0 Å². The van der Waals surface area contributed by atoms with E-state index in [1.165, 1.54) is 11.1 Å². The van der Waals surface area contributed by atoms with Gasteiger partial charge in [-0.1, -0.05) is 42.5 Å². The molecule has 1 aromatic heterocycles. The average Bonchev–Trinajstić information content (AvgIpc) is 2.80. The zero-order chi connectivity index (χ0) is 20.8. The number of piperazine rings is 1. The van der Waals surface area contributed by atoms with Crippen molar-refractivity contribution >= 4 is 0 Å². The summed E-state index contributed by atoms with van der Waals surface area (Å²) >= 11 is 0. The fourth-order valence-corrected chi connectivity index (χ4v) is 3.94. The number of methoxy groups -OCH3 is 1. The number of hydrogen-bond acceptors (Lipinski definition) is 5. The molecule has 1 aliphatic rings. The van der Waals surface area contributed by atoms with Crippen LogP contribution in [0.4, 0.5) is 0 Å². The molecule has 5 heteroatoms. The van der Waals surface area contributed by atoms with Crippen molar-refractivity contribution in [2.24, 2.45) is 0 Å². The van der Waals surface area contributed by atoms with Gasteiger partial charge in [-0.2, -0.15) is 0 Å². The predicted molar refractivity (Wildman–Crippen MR) is 119 cm³/mol. The van der Waals surface area contributed by atoms with Gasteiger partial charge in [-0.15, -0.1) is 0 Å². The van der Waals surface area contributed by atoms with Gasteiger partial charge in [0.15, 0.2) is 11.5 Å². The third kappa shape index (κ3) is 4.99. The van der Waals surface area contributed by atoms with Crippen LogP contribution >= 0.6 is 0 Å². The van der Waals surface area contributed by atoms with E-state index in [0.717, 1.165) is 43.4 Å². The van der Waals surface area contributed by atoms with Crippen LogP contribution in [0.3, 0.4) is 0 Å². The molecule has 30 heavy (non-hydrogen) atoms. The van der Waals surface area contributed by atoms with E-state index >= 15 is 0 Å². The smallest absolute Gasteiger partial charge is 0.162 e. The highest BCUT2D eigenvalue weighted by atomic mass is 16.5. The number of hydrogen-bond donors (Lipinski definition) is 0. The molecule has 0 unspecified atom stereocenters. The highest BCUT2D eigenvalue weighted by Crippen LogP contribution is 2.31. The van der Waals surface area contributed by atoms with Crippen molar-refractivity contribution in [1.29, 1.82) is 0 Å².